The van der Waals surface area contributed by atoms with Crippen molar-refractivity contribution in [1.82, 2.24) is 0 Å². The normalized spacial score (nSPS) is 10.3. The van der Waals surface area contributed by atoms with Crippen LogP contribution in [0.1, 0.15) is 0 Å². The molecule has 0 aromatic heterocycles. The molecule has 134 valence electrons. The van der Waals surface area contributed by atoms with Crippen LogP contribution in [0.25, 0.3) is 0 Å². The Bertz CT molecular complexity index is 790. The number of ether oxygens (including phenoxy) is 2. The first-order chi connectivity index (χ1) is 12.6. The third-order valence-electron chi connectivity index (χ3n) is 4.51. The summed E-state index contributed by atoms with van der Waals surface area (Å²) in [7, 11) is 7.47. The average molecular weight is 348 g/mol. The fourth-order valence-electron chi connectivity index (χ4n) is 2.84. The summed E-state index contributed by atoms with van der Waals surface area (Å²) in [6.07, 6.45) is 0. The van der Waals surface area contributed by atoms with Gasteiger partial charge in [0.25, 0.3) is 0 Å². The van der Waals surface area contributed by atoms with Gasteiger partial charge in [-0.25, -0.2) is 0 Å². The Kier molecular flexibility index (Phi) is 5.32. The van der Waals surface area contributed by atoms with E-state index in [2.05, 4.69) is 60.3 Å². The Labute approximate surface area is 155 Å². The molecule has 0 N–H and O–H groups in total. The van der Waals surface area contributed by atoms with Gasteiger partial charge < -0.3 is 19.3 Å². The zero-order valence-electron chi connectivity index (χ0n) is 15.6. The van der Waals surface area contributed by atoms with Crippen molar-refractivity contribution in [3.8, 4) is 11.5 Å². The lowest BCUT2D eigenvalue weighted by atomic mass is 10.2. The molecule has 0 radical (unpaired) electrons. The second-order valence-electron chi connectivity index (χ2n) is 6.04. The van der Waals surface area contributed by atoms with Crippen molar-refractivity contribution in [3.05, 3.63) is 72.8 Å². The van der Waals surface area contributed by atoms with E-state index in [0.29, 0.717) is 0 Å². The van der Waals surface area contributed by atoms with Crippen molar-refractivity contribution in [1.29, 1.82) is 0 Å². The molecule has 3 aromatic rings. The summed E-state index contributed by atoms with van der Waals surface area (Å²) in [5, 5.41) is 0. The molecule has 3 aromatic carbocycles. The molecule has 0 saturated heterocycles. The van der Waals surface area contributed by atoms with Crippen LogP contribution in [0.4, 0.5) is 22.7 Å². The topological polar surface area (TPSA) is 24.9 Å². The van der Waals surface area contributed by atoms with E-state index < -0.39 is 0 Å². The molecule has 0 atom stereocenters. The molecule has 0 aliphatic carbocycles. The van der Waals surface area contributed by atoms with Gasteiger partial charge in [0, 0.05) is 49.0 Å². The second-order valence-corrected chi connectivity index (χ2v) is 6.04. The number of anilines is 4. The van der Waals surface area contributed by atoms with Crippen LogP contribution in [-0.2, 0) is 0 Å². The lowest BCUT2D eigenvalue weighted by Gasteiger charge is -2.23. The molecule has 0 spiro atoms. The summed E-state index contributed by atoms with van der Waals surface area (Å²) in [4.78, 5) is 4.27. The summed E-state index contributed by atoms with van der Waals surface area (Å²) in [6, 6.07) is 24.5. The number of methoxy groups -OCH3 is 2. The minimum Gasteiger partial charge on any atom is -0.497 e. The first-order valence-electron chi connectivity index (χ1n) is 8.48. The smallest absolute Gasteiger partial charge is 0.120 e. The van der Waals surface area contributed by atoms with E-state index in [0.717, 1.165) is 34.2 Å². The van der Waals surface area contributed by atoms with E-state index in [1.54, 1.807) is 14.2 Å². The minimum atomic E-state index is 0.851. The lowest BCUT2D eigenvalue weighted by molar-refractivity contribution is 0.415. The first kappa shape index (κ1) is 17.7. The number of benzene rings is 3. The molecule has 0 saturated carbocycles. The first-order valence-corrected chi connectivity index (χ1v) is 8.48. The third kappa shape index (κ3) is 3.75. The summed E-state index contributed by atoms with van der Waals surface area (Å²) < 4.78 is 10.6. The molecule has 3 rings (SSSR count). The minimum absolute atomic E-state index is 0.851. The third-order valence-corrected chi connectivity index (χ3v) is 4.51. The number of hydrogen-bond donors (Lipinski definition) is 0. The van der Waals surface area contributed by atoms with E-state index in [4.69, 9.17) is 9.47 Å². The number of nitrogens with zero attached hydrogens (tertiary/aromatic N) is 2. The quantitative estimate of drug-likeness (QED) is 0.608. The van der Waals surface area contributed by atoms with Gasteiger partial charge in [0.05, 0.1) is 14.2 Å². The van der Waals surface area contributed by atoms with Crippen LogP contribution in [0.5, 0.6) is 11.5 Å². The predicted molar refractivity (Wildman–Crippen MR) is 109 cm³/mol. The maximum Gasteiger partial charge on any atom is 0.120 e. The van der Waals surface area contributed by atoms with Crippen molar-refractivity contribution >= 4 is 22.7 Å². The summed E-state index contributed by atoms with van der Waals surface area (Å²) >= 11 is 0. The molecule has 0 bridgehead atoms. The van der Waals surface area contributed by atoms with E-state index in [1.165, 1.54) is 0 Å². The van der Waals surface area contributed by atoms with Gasteiger partial charge >= 0.3 is 0 Å². The van der Waals surface area contributed by atoms with Crippen molar-refractivity contribution in [2.75, 3.05) is 38.1 Å². The monoisotopic (exact) mass is 348 g/mol. The van der Waals surface area contributed by atoms with Crippen LogP contribution < -0.4 is 19.3 Å². The van der Waals surface area contributed by atoms with E-state index in [-0.39, 0.29) is 0 Å². The van der Waals surface area contributed by atoms with Crippen molar-refractivity contribution in [2.24, 2.45) is 0 Å². The van der Waals surface area contributed by atoms with Gasteiger partial charge in [0.2, 0.25) is 0 Å². The highest BCUT2D eigenvalue weighted by molar-refractivity contribution is 5.69. The number of hydrogen-bond acceptors (Lipinski definition) is 4. The second kappa shape index (κ2) is 7.83. The van der Waals surface area contributed by atoms with Crippen molar-refractivity contribution < 1.29 is 9.47 Å². The molecule has 26 heavy (non-hydrogen) atoms. The van der Waals surface area contributed by atoms with Crippen LogP contribution in [0, 0.1) is 0 Å². The Balaban J connectivity index is 1.81. The van der Waals surface area contributed by atoms with Gasteiger partial charge in [-0.15, -0.1) is 0 Å². The van der Waals surface area contributed by atoms with Gasteiger partial charge in [0.1, 0.15) is 11.5 Å². The lowest BCUT2D eigenvalue weighted by Crippen LogP contribution is -2.11. The van der Waals surface area contributed by atoms with E-state index in [1.807, 2.05) is 36.4 Å². The van der Waals surface area contributed by atoms with E-state index >= 15 is 0 Å². The molecule has 0 unspecified atom stereocenters. The SMILES string of the molecule is COc1cccc(N(C)c2ccc(N(C)c3cccc(OC)c3)cc2)c1. The zero-order chi connectivity index (χ0) is 18.5. The van der Waals surface area contributed by atoms with Gasteiger partial charge in [0.15, 0.2) is 0 Å². The highest BCUT2D eigenvalue weighted by atomic mass is 16.5. The van der Waals surface area contributed by atoms with Crippen LogP contribution in [-0.4, -0.2) is 28.3 Å². The Hall–Kier alpha value is -3.14. The molecule has 0 heterocycles. The largest absolute Gasteiger partial charge is 0.497 e. The standard InChI is InChI=1S/C22H24N2O2/c1-23(19-7-5-9-21(15-19)25-3)17-11-13-18(14-12-17)24(2)20-8-6-10-22(16-20)26-4/h5-16H,1-4H3. The highest BCUT2D eigenvalue weighted by Crippen LogP contribution is 2.31. The predicted octanol–water partition coefficient (Wildman–Crippen LogP) is 5.24. The van der Waals surface area contributed by atoms with Gasteiger partial charge in [-0.3, -0.25) is 0 Å². The van der Waals surface area contributed by atoms with Crippen LogP contribution >= 0.6 is 0 Å². The highest BCUT2D eigenvalue weighted by Gasteiger charge is 2.08. The zero-order valence-corrected chi connectivity index (χ0v) is 15.6. The summed E-state index contributed by atoms with van der Waals surface area (Å²) in [5.74, 6) is 1.70. The van der Waals surface area contributed by atoms with Crippen LogP contribution in [0.3, 0.4) is 0 Å². The molecule has 0 aliphatic heterocycles. The summed E-state index contributed by atoms with van der Waals surface area (Å²) in [6.45, 7) is 0. The number of rotatable bonds is 6. The van der Waals surface area contributed by atoms with Crippen molar-refractivity contribution in [3.63, 3.8) is 0 Å². The van der Waals surface area contributed by atoms with E-state index in [9.17, 15) is 0 Å². The fraction of sp³-hybridized carbons (Fsp3) is 0.182. The molecule has 0 fully saturated rings. The Morgan fingerprint density at radius 3 is 1.27 bits per heavy atom. The maximum absolute atomic E-state index is 5.32. The molecular formula is C22H24N2O2. The maximum atomic E-state index is 5.32. The van der Waals surface area contributed by atoms with Gasteiger partial charge in [-0.1, -0.05) is 12.1 Å². The van der Waals surface area contributed by atoms with Crippen LogP contribution in [0.15, 0.2) is 72.8 Å². The molecule has 4 nitrogen and oxygen atoms in total. The molecule has 4 heteroatoms. The summed E-state index contributed by atoms with van der Waals surface area (Å²) in [5.41, 5.74) is 4.39. The van der Waals surface area contributed by atoms with Gasteiger partial charge in [-0.05, 0) is 48.5 Å². The Morgan fingerprint density at radius 2 is 0.923 bits per heavy atom. The van der Waals surface area contributed by atoms with Crippen molar-refractivity contribution in [2.45, 2.75) is 0 Å². The molecular weight excluding hydrogens is 324 g/mol. The molecule has 0 aliphatic rings. The Morgan fingerprint density at radius 1 is 0.538 bits per heavy atom. The average Bonchev–Trinajstić information content (AvgIpc) is 2.72. The molecule has 0 amide bonds. The fourth-order valence-corrected chi connectivity index (χ4v) is 2.84. The van der Waals surface area contributed by atoms with Crippen LogP contribution in [0.2, 0.25) is 0 Å². The van der Waals surface area contributed by atoms with Gasteiger partial charge in [-0.2, -0.15) is 0 Å².